The van der Waals surface area contributed by atoms with Gasteiger partial charge in [0.05, 0.1) is 17.7 Å². The minimum atomic E-state index is -0.495. The van der Waals surface area contributed by atoms with Gasteiger partial charge in [0.15, 0.2) is 5.13 Å². The van der Waals surface area contributed by atoms with Gasteiger partial charge in [-0.15, -0.1) is 22.7 Å². The van der Waals surface area contributed by atoms with Gasteiger partial charge >= 0.3 is 0 Å². The second kappa shape index (κ2) is 8.08. The van der Waals surface area contributed by atoms with E-state index in [0.29, 0.717) is 17.2 Å². The second-order valence-electron chi connectivity index (χ2n) is 7.66. The highest BCUT2D eigenvalue weighted by molar-refractivity contribution is 7.14. The van der Waals surface area contributed by atoms with E-state index in [4.69, 9.17) is 0 Å². The zero-order chi connectivity index (χ0) is 20.5. The smallest absolute Gasteiger partial charge is 0.254 e. The van der Waals surface area contributed by atoms with Crippen molar-refractivity contribution in [1.82, 2.24) is 9.88 Å². The van der Waals surface area contributed by atoms with Gasteiger partial charge in [0.2, 0.25) is 5.91 Å². The van der Waals surface area contributed by atoms with Crippen LogP contribution in [-0.2, 0) is 4.79 Å². The largest absolute Gasteiger partial charge is 0.329 e. The molecule has 29 heavy (non-hydrogen) atoms. The van der Waals surface area contributed by atoms with Gasteiger partial charge in [0.1, 0.15) is 0 Å². The lowest BCUT2D eigenvalue weighted by molar-refractivity contribution is -0.119. The number of amides is 2. The van der Waals surface area contributed by atoms with Gasteiger partial charge in [-0.1, -0.05) is 38.1 Å². The number of carbonyl (C=O) groups excluding carboxylic acids is 2. The Kier molecular flexibility index (Phi) is 5.52. The summed E-state index contributed by atoms with van der Waals surface area (Å²) < 4.78 is 0. The Labute approximate surface area is 178 Å². The van der Waals surface area contributed by atoms with Crippen molar-refractivity contribution < 1.29 is 9.59 Å². The normalized spacial score (nSPS) is 18.8. The predicted molar refractivity (Wildman–Crippen MR) is 118 cm³/mol. The molecule has 0 radical (unpaired) electrons. The van der Waals surface area contributed by atoms with Gasteiger partial charge in [-0.3, -0.25) is 9.59 Å². The molecule has 1 aromatic carbocycles. The van der Waals surface area contributed by atoms with Crippen LogP contribution in [0.5, 0.6) is 0 Å². The van der Waals surface area contributed by atoms with Crippen molar-refractivity contribution in [3.63, 3.8) is 0 Å². The first-order valence-corrected chi connectivity index (χ1v) is 11.4. The number of nitrogens with zero attached hydrogens (tertiary/aromatic N) is 2. The Morgan fingerprint density at radius 2 is 2.00 bits per heavy atom. The van der Waals surface area contributed by atoms with E-state index in [1.165, 1.54) is 11.3 Å². The molecular weight excluding hydrogens is 402 g/mol. The van der Waals surface area contributed by atoms with E-state index in [2.05, 4.69) is 24.1 Å². The standard InChI is InChI=1S/C22H23N3O2S2/c1-13(2)11-25-19(17-9-6-10-28-17)18(15-7-4-5-8-16(15)21(25)27)20(26)24-22-23-14(3)12-29-22/h4-10,12-13,18-19H,11H2,1-3H3,(H,23,24,26)/t18-,19-/m1/s1. The summed E-state index contributed by atoms with van der Waals surface area (Å²) in [5.74, 6) is -0.351. The van der Waals surface area contributed by atoms with Crippen LogP contribution in [0, 0.1) is 12.8 Å². The number of anilines is 1. The number of hydrogen-bond donors (Lipinski definition) is 1. The molecule has 0 spiro atoms. The molecule has 2 amide bonds. The van der Waals surface area contributed by atoms with Crippen molar-refractivity contribution >= 4 is 39.6 Å². The summed E-state index contributed by atoms with van der Waals surface area (Å²) in [4.78, 5) is 34.2. The Morgan fingerprint density at radius 1 is 1.21 bits per heavy atom. The molecule has 0 unspecified atom stereocenters. The number of fused-ring (bicyclic) bond motifs is 1. The molecule has 3 aromatic rings. The Morgan fingerprint density at radius 3 is 2.66 bits per heavy atom. The number of rotatable bonds is 5. The summed E-state index contributed by atoms with van der Waals surface area (Å²) >= 11 is 2.99. The summed E-state index contributed by atoms with van der Waals surface area (Å²) in [5.41, 5.74) is 2.26. The topological polar surface area (TPSA) is 62.3 Å². The van der Waals surface area contributed by atoms with Crippen molar-refractivity contribution in [2.75, 3.05) is 11.9 Å². The second-order valence-corrected chi connectivity index (χ2v) is 9.50. The summed E-state index contributed by atoms with van der Waals surface area (Å²) in [6.07, 6.45) is 0. The van der Waals surface area contributed by atoms with E-state index in [1.807, 2.05) is 59.0 Å². The van der Waals surface area contributed by atoms with Crippen molar-refractivity contribution in [2.24, 2.45) is 5.92 Å². The number of thiophene rings is 1. The lowest BCUT2D eigenvalue weighted by atomic mass is 9.81. The average molecular weight is 426 g/mol. The first-order valence-electron chi connectivity index (χ1n) is 9.62. The Bertz CT molecular complexity index is 1030. The Balaban J connectivity index is 1.82. The molecule has 2 atom stereocenters. The molecule has 0 saturated carbocycles. The van der Waals surface area contributed by atoms with Crippen molar-refractivity contribution in [1.29, 1.82) is 0 Å². The Hall–Kier alpha value is -2.51. The van der Waals surface area contributed by atoms with E-state index < -0.39 is 5.92 Å². The third kappa shape index (κ3) is 3.84. The summed E-state index contributed by atoms with van der Waals surface area (Å²) in [6.45, 7) is 6.68. The molecule has 3 heterocycles. The maximum atomic E-state index is 13.5. The van der Waals surface area contributed by atoms with Crippen LogP contribution in [0.2, 0.25) is 0 Å². The van der Waals surface area contributed by atoms with Crippen molar-refractivity contribution in [2.45, 2.75) is 32.7 Å². The van der Waals surface area contributed by atoms with Gasteiger partial charge in [-0.05, 0) is 35.9 Å². The highest BCUT2D eigenvalue weighted by Crippen LogP contribution is 2.45. The molecule has 7 heteroatoms. The van der Waals surface area contributed by atoms with Crippen molar-refractivity contribution in [3.8, 4) is 0 Å². The molecule has 0 saturated heterocycles. The van der Waals surface area contributed by atoms with E-state index >= 15 is 0 Å². The minimum absolute atomic E-state index is 0.0122. The first kappa shape index (κ1) is 19.8. The summed E-state index contributed by atoms with van der Waals surface area (Å²) in [6, 6.07) is 11.1. The van der Waals surface area contributed by atoms with Gasteiger partial charge in [-0.25, -0.2) is 4.98 Å². The number of thiazole rings is 1. The highest BCUT2D eigenvalue weighted by Gasteiger charge is 2.44. The number of aromatic nitrogens is 1. The van der Waals surface area contributed by atoms with Crippen LogP contribution in [0.15, 0.2) is 47.2 Å². The van der Waals surface area contributed by atoms with Gasteiger partial charge in [-0.2, -0.15) is 0 Å². The van der Waals surface area contributed by atoms with Crippen LogP contribution >= 0.6 is 22.7 Å². The fourth-order valence-corrected chi connectivity index (χ4v) is 5.41. The van der Waals surface area contributed by atoms with Crippen LogP contribution in [0.3, 0.4) is 0 Å². The van der Waals surface area contributed by atoms with Crippen LogP contribution in [0.25, 0.3) is 0 Å². The van der Waals surface area contributed by atoms with Gasteiger partial charge < -0.3 is 10.2 Å². The predicted octanol–water partition coefficient (Wildman–Crippen LogP) is 5.09. The maximum absolute atomic E-state index is 13.5. The zero-order valence-corrected chi connectivity index (χ0v) is 18.2. The lowest BCUT2D eigenvalue weighted by Gasteiger charge is -2.41. The monoisotopic (exact) mass is 425 g/mol. The van der Waals surface area contributed by atoms with Crippen LogP contribution in [0.1, 0.15) is 52.3 Å². The molecule has 1 aliphatic rings. The number of nitrogens with one attached hydrogen (secondary N) is 1. The van der Waals surface area contributed by atoms with Gasteiger partial charge in [0, 0.05) is 22.4 Å². The maximum Gasteiger partial charge on any atom is 0.254 e. The van der Waals surface area contributed by atoms with E-state index in [9.17, 15) is 9.59 Å². The molecule has 0 bridgehead atoms. The molecule has 0 fully saturated rings. The SMILES string of the molecule is Cc1csc(NC(=O)[C@@H]2c3ccccc3C(=O)N(CC(C)C)[C@@H]2c2cccs2)n1. The third-order valence-corrected chi connectivity index (χ3v) is 6.79. The molecule has 2 aromatic heterocycles. The van der Waals surface area contributed by atoms with Crippen LogP contribution in [0.4, 0.5) is 5.13 Å². The quantitative estimate of drug-likeness (QED) is 0.619. The third-order valence-electron chi connectivity index (χ3n) is 4.97. The highest BCUT2D eigenvalue weighted by atomic mass is 32.1. The number of benzene rings is 1. The van der Waals surface area contributed by atoms with Crippen LogP contribution < -0.4 is 5.32 Å². The molecular formula is C22H23N3O2S2. The lowest BCUT2D eigenvalue weighted by Crippen LogP contribution is -2.47. The fraction of sp³-hybridized carbons (Fsp3) is 0.318. The number of hydrogen-bond acceptors (Lipinski definition) is 5. The molecule has 1 N–H and O–H groups in total. The minimum Gasteiger partial charge on any atom is -0.329 e. The van der Waals surface area contributed by atoms with Crippen LogP contribution in [-0.4, -0.2) is 28.2 Å². The fourth-order valence-electron chi connectivity index (χ4n) is 3.84. The molecule has 0 aliphatic carbocycles. The van der Waals surface area contributed by atoms with E-state index in [-0.39, 0.29) is 23.8 Å². The zero-order valence-electron chi connectivity index (χ0n) is 16.6. The molecule has 1 aliphatic heterocycles. The molecule has 150 valence electrons. The average Bonchev–Trinajstić information content (AvgIpc) is 3.35. The molecule has 4 rings (SSSR count). The summed E-state index contributed by atoms with van der Waals surface area (Å²) in [7, 11) is 0. The first-order chi connectivity index (χ1) is 14.0. The number of aryl methyl sites for hydroxylation is 1. The van der Waals surface area contributed by atoms with E-state index in [0.717, 1.165) is 16.1 Å². The van der Waals surface area contributed by atoms with Crippen molar-refractivity contribution in [3.05, 3.63) is 68.9 Å². The van der Waals surface area contributed by atoms with Gasteiger partial charge in [0.25, 0.3) is 5.91 Å². The number of carbonyl (C=O) groups is 2. The molecule has 5 nitrogen and oxygen atoms in total. The van der Waals surface area contributed by atoms with E-state index in [1.54, 1.807) is 11.3 Å². The summed E-state index contributed by atoms with van der Waals surface area (Å²) in [5, 5.41) is 7.48.